The van der Waals surface area contributed by atoms with Crippen molar-refractivity contribution in [3.8, 4) is 11.3 Å². The van der Waals surface area contributed by atoms with Crippen molar-refractivity contribution >= 4 is 16.8 Å². The maximum Gasteiger partial charge on any atom is 0.252 e. The molecule has 0 bridgehead atoms. The van der Waals surface area contributed by atoms with Crippen LogP contribution in [0.2, 0.25) is 0 Å². The van der Waals surface area contributed by atoms with E-state index >= 15 is 0 Å². The van der Waals surface area contributed by atoms with Gasteiger partial charge < -0.3 is 5.32 Å². The number of pyridine rings is 1. The van der Waals surface area contributed by atoms with Gasteiger partial charge in [-0.15, -0.1) is 0 Å². The SMILES string of the molecule is CCCCC(CC)CNC(=O)c1cc(-c2ccccc2)nc2ccccc12. The number of hydrogen-bond donors (Lipinski definition) is 1. The highest BCUT2D eigenvalue weighted by molar-refractivity contribution is 6.07. The van der Waals surface area contributed by atoms with Crippen LogP contribution in [0.4, 0.5) is 0 Å². The van der Waals surface area contributed by atoms with Crippen molar-refractivity contribution in [1.29, 1.82) is 0 Å². The number of carbonyl (C=O) groups is 1. The van der Waals surface area contributed by atoms with Crippen molar-refractivity contribution in [3.63, 3.8) is 0 Å². The lowest BCUT2D eigenvalue weighted by Crippen LogP contribution is -2.29. The molecule has 0 aliphatic heterocycles. The highest BCUT2D eigenvalue weighted by Gasteiger charge is 2.15. The molecule has 2 aromatic carbocycles. The highest BCUT2D eigenvalue weighted by atomic mass is 16.1. The zero-order valence-electron chi connectivity index (χ0n) is 16.2. The molecule has 3 rings (SSSR count). The van der Waals surface area contributed by atoms with Crippen LogP contribution >= 0.6 is 0 Å². The molecular weight excluding hydrogens is 332 g/mol. The topological polar surface area (TPSA) is 42.0 Å². The van der Waals surface area contributed by atoms with E-state index in [0.29, 0.717) is 11.5 Å². The van der Waals surface area contributed by atoms with Gasteiger partial charge in [0.05, 0.1) is 16.8 Å². The van der Waals surface area contributed by atoms with E-state index in [4.69, 9.17) is 4.98 Å². The maximum atomic E-state index is 13.0. The van der Waals surface area contributed by atoms with Crippen LogP contribution in [0.5, 0.6) is 0 Å². The van der Waals surface area contributed by atoms with Crippen LogP contribution in [0.25, 0.3) is 22.2 Å². The fraction of sp³-hybridized carbons (Fsp3) is 0.333. The number of para-hydroxylation sites is 1. The second-order valence-electron chi connectivity index (χ2n) is 7.06. The number of benzene rings is 2. The number of hydrogen-bond acceptors (Lipinski definition) is 2. The molecule has 3 aromatic rings. The van der Waals surface area contributed by atoms with E-state index in [1.54, 1.807) is 0 Å². The molecule has 1 heterocycles. The summed E-state index contributed by atoms with van der Waals surface area (Å²) < 4.78 is 0. The Kier molecular flexibility index (Phi) is 6.59. The van der Waals surface area contributed by atoms with Crippen molar-refractivity contribution in [2.75, 3.05) is 6.54 Å². The highest BCUT2D eigenvalue weighted by Crippen LogP contribution is 2.25. The van der Waals surface area contributed by atoms with Gasteiger partial charge in [0, 0.05) is 17.5 Å². The number of nitrogens with zero attached hydrogens (tertiary/aromatic N) is 1. The van der Waals surface area contributed by atoms with Crippen LogP contribution in [0.15, 0.2) is 60.7 Å². The third kappa shape index (κ3) is 4.73. The first-order valence-electron chi connectivity index (χ1n) is 9.96. The quantitative estimate of drug-likeness (QED) is 0.547. The summed E-state index contributed by atoms with van der Waals surface area (Å²) in [4.78, 5) is 17.8. The lowest BCUT2D eigenvalue weighted by Gasteiger charge is -2.16. The molecule has 0 aliphatic rings. The van der Waals surface area contributed by atoms with E-state index in [0.717, 1.165) is 35.1 Å². The van der Waals surface area contributed by atoms with Crippen molar-refractivity contribution in [2.24, 2.45) is 5.92 Å². The molecule has 3 nitrogen and oxygen atoms in total. The smallest absolute Gasteiger partial charge is 0.252 e. The fourth-order valence-electron chi connectivity index (χ4n) is 3.40. The molecule has 0 aliphatic carbocycles. The Labute approximate surface area is 161 Å². The minimum absolute atomic E-state index is 0.0132. The molecule has 1 unspecified atom stereocenters. The number of carbonyl (C=O) groups excluding carboxylic acids is 1. The van der Waals surface area contributed by atoms with Crippen molar-refractivity contribution in [3.05, 3.63) is 66.2 Å². The summed E-state index contributed by atoms with van der Waals surface area (Å²) in [5.74, 6) is 0.524. The molecule has 27 heavy (non-hydrogen) atoms. The summed E-state index contributed by atoms with van der Waals surface area (Å²) in [6, 6.07) is 19.8. The number of fused-ring (bicyclic) bond motifs is 1. The first-order chi connectivity index (χ1) is 13.2. The van der Waals surface area contributed by atoms with Crippen LogP contribution in [0.1, 0.15) is 49.9 Å². The van der Waals surface area contributed by atoms with E-state index in [1.165, 1.54) is 19.3 Å². The Morgan fingerprint density at radius 2 is 1.78 bits per heavy atom. The predicted molar refractivity (Wildman–Crippen MR) is 113 cm³/mol. The number of amides is 1. The summed E-state index contributed by atoms with van der Waals surface area (Å²) in [5, 5.41) is 4.06. The summed E-state index contributed by atoms with van der Waals surface area (Å²) in [7, 11) is 0. The first-order valence-corrected chi connectivity index (χ1v) is 9.96. The van der Waals surface area contributed by atoms with Gasteiger partial charge in [-0.3, -0.25) is 4.79 Å². The Bertz CT molecular complexity index is 889. The predicted octanol–water partition coefficient (Wildman–Crippen LogP) is 5.85. The molecule has 0 fully saturated rings. The van der Waals surface area contributed by atoms with E-state index < -0.39 is 0 Å². The van der Waals surface area contributed by atoms with Crippen LogP contribution < -0.4 is 5.32 Å². The molecule has 0 radical (unpaired) electrons. The summed E-state index contributed by atoms with van der Waals surface area (Å²) >= 11 is 0. The van der Waals surface area contributed by atoms with E-state index in [1.807, 2.05) is 60.7 Å². The van der Waals surface area contributed by atoms with Gasteiger partial charge in [0.1, 0.15) is 0 Å². The zero-order chi connectivity index (χ0) is 19.1. The molecular formula is C24H28N2O. The van der Waals surface area contributed by atoms with Crippen molar-refractivity contribution in [1.82, 2.24) is 10.3 Å². The van der Waals surface area contributed by atoms with E-state index in [-0.39, 0.29) is 5.91 Å². The third-order valence-corrected chi connectivity index (χ3v) is 5.12. The monoisotopic (exact) mass is 360 g/mol. The molecule has 1 amide bonds. The fourth-order valence-corrected chi connectivity index (χ4v) is 3.40. The van der Waals surface area contributed by atoms with Gasteiger partial charge in [-0.1, -0.05) is 81.6 Å². The van der Waals surface area contributed by atoms with Crippen molar-refractivity contribution in [2.45, 2.75) is 39.5 Å². The van der Waals surface area contributed by atoms with Gasteiger partial charge in [0.15, 0.2) is 0 Å². The Balaban J connectivity index is 1.89. The average Bonchev–Trinajstić information content (AvgIpc) is 2.73. The second-order valence-corrected chi connectivity index (χ2v) is 7.06. The van der Waals surface area contributed by atoms with Crippen LogP contribution in [0.3, 0.4) is 0 Å². The number of aromatic nitrogens is 1. The lowest BCUT2D eigenvalue weighted by atomic mass is 9.99. The Hall–Kier alpha value is -2.68. The largest absolute Gasteiger partial charge is 0.352 e. The Morgan fingerprint density at radius 3 is 2.52 bits per heavy atom. The molecule has 1 aromatic heterocycles. The van der Waals surface area contributed by atoms with E-state index in [9.17, 15) is 4.79 Å². The van der Waals surface area contributed by atoms with Crippen LogP contribution in [0, 0.1) is 5.92 Å². The summed E-state index contributed by atoms with van der Waals surface area (Å²) in [5.41, 5.74) is 3.40. The molecule has 1 N–H and O–H groups in total. The van der Waals surface area contributed by atoms with Gasteiger partial charge in [-0.2, -0.15) is 0 Å². The molecule has 0 spiro atoms. The third-order valence-electron chi connectivity index (χ3n) is 5.12. The van der Waals surface area contributed by atoms with Crippen LogP contribution in [-0.4, -0.2) is 17.4 Å². The Morgan fingerprint density at radius 1 is 1.04 bits per heavy atom. The van der Waals surface area contributed by atoms with Crippen LogP contribution in [-0.2, 0) is 0 Å². The number of rotatable bonds is 8. The molecule has 0 saturated carbocycles. The minimum atomic E-state index is -0.0132. The normalized spacial score (nSPS) is 12.1. The molecule has 3 heteroatoms. The van der Waals surface area contributed by atoms with Gasteiger partial charge in [-0.25, -0.2) is 4.98 Å². The number of nitrogens with one attached hydrogen (secondary N) is 1. The maximum absolute atomic E-state index is 13.0. The van der Waals surface area contributed by atoms with Gasteiger partial charge in [-0.05, 0) is 24.5 Å². The standard InChI is InChI=1S/C24H28N2O/c1-3-5-11-18(4-2)17-25-24(27)21-16-23(19-12-7-6-8-13-19)26-22-15-10-9-14-20(21)22/h6-10,12-16,18H,3-5,11,17H2,1-2H3,(H,25,27). The summed E-state index contributed by atoms with van der Waals surface area (Å²) in [6.45, 7) is 5.13. The van der Waals surface area contributed by atoms with Crippen molar-refractivity contribution < 1.29 is 4.79 Å². The second kappa shape index (κ2) is 9.31. The zero-order valence-corrected chi connectivity index (χ0v) is 16.2. The van der Waals surface area contributed by atoms with E-state index in [2.05, 4.69) is 19.2 Å². The van der Waals surface area contributed by atoms with Gasteiger partial charge in [0.2, 0.25) is 0 Å². The van der Waals surface area contributed by atoms with Gasteiger partial charge >= 0.3 is 0 Å². The summed E-state index contributed by atoms with van der Waals surface area (Å²) in [6.07, 6.45) is 4.66. The molecule has 140 valence electrons. The molecule has 0 saturated heterocycles. The molecule has 1 atom stereocenters. The lowest BCUT2D eigenvalue weighted by molar-refractivity contribution is 0.0947. The number of unbranched alkanes of at least 4 members (excludes halogenated alkanes) is 1. The minimum Gasteiger partial charge on any atom is -0.352 e. The first kappa shape index (κ1) is 19.1. The average molecular weight is 361 g/mol. The van der Waals surface area contributed by atoms with Gasteiger partial charge in [0.25, 0.3) is 5.91 Å².